The third-order valence-electron chi connectivity index (χ3n) is 3.30. The van der Waals surface area contributed by atoms with Gasteiger partial charge in [0.25, 0.3) is 0 Å². The molecule has 0 bridgehead atoms. The number of nitrogens with one attached hydrogen (secondary N) is 2. The van der Waals surface area contributed by atoms with E-state index in [-0.39, 0.29) is 18.5 Å². The number of ether oxygens (including phenoxy) is 1. The molecule has 116 valence electrons. The van der Waals surface area contributed by atoms with Gasteiger partial charge in [0.15, 0.2) is 0 Å². The molecule has 0 unspecified atom stereocenters. The van der Waals surface area contributed by atoms with Gasteiger partial charge >= 0.3 is 6.03 Å². The standard InChI is InChI=1S/C13H26N4O3/c1-3-17(4-2)13(19)15-11-12(18)14-5-6-16-7-9-20-10-8-16/h3-11H2,1-2H3,(H,14,18)(H,15,19). The lowest BCUT2D eigenvalue weighted by molar-refractivity contribution is -0.120. The molecular formula is C13H26N4O3. The van der Waals surface area contributed by atoms with Gasteiger partial charge in [0, 0.05) is 39.3 Å². The van der Waals surface area contributed by atoms with Crippen LogP contribution in [0.5, 0.6) is 0 Å². The van der Waals surface area contributed by atoms with Gasteiger partial charge in [0.05, 0.1) is 19.8 Å². The van der Waals surface area contributed by atoms with Crippen LogP contribution >= 0.6 is 0 Å². The second-order valence-electron chi connectivity index (χ2n) is 4.63. The monoisotopic (exact) mass is 286 g/mol. The Morgan fingerprint density at radius 2 is 1.80 bits per heavy atom. The number of hydrogen-bond acceptors (Lipinski definition) is 4. The van der Waals surface area contributed by atoms with Gasteiger partial charge in [-0.1, -0.05) is 0 Å². The van der Waals surface area contributed by atoms with Crippen LogP contribution < -0.4 is 10.6 Å². The van der Waals surface area contributed by atoms with Crippen molar-refractivity contribution < 1.29 is 14.3 Å². The normalized spacial score (nSPS) is 15.7. The highest BCUT2D eigenvalue weighted by atomic mass is 16.5. The Kier molecular flexibility index (Phi) is 7.98. The Labute approximate surface area is 120 Å². The van der Waals surface area contributed by atoms with Crippen LogP contribution in [0.15, 0.2) is 0 Å². The lowest BCUT2D eigenvalue weighted by atomic mass is 10.4. The van der Waals surface area contributed by atoms with E-state index in [0.717, 1.165) is 32.8 Å². The third kappa shape index (κ3) is 6.21. The van der Waals surface area contributed by atoms with Crippen LogP contribution in [0.1, 0.15) is 13.8 Å². The smallest absolute Gasteiger partial charge is 0.317 e. The molecule has 0 aromatic rings. The van der Waals surface area contributed by atoms with Gasteiger partial charge < -0.3 is 20.3 Å². The van der Waals surface area contributed by atoms with Crippen molar-refractivity contribution in [2.24, 2.45) is 0 Å². The summed E-state index contributed by atoms with van der Waals surface area (Å²) in [5.74, 6) is -0.154. The van der Waals surface area contributed by atoms with E-state index in [2.05, 4.69) is 15.5 Å². The van der Waals surface area contributed by atoms with Crippen molar-refractivity contribution in [3.63, 3.8) is 0 Å². The van der Waals surface area contributed by atoms with Crippen LogP contribution in [0.3, 0.4) is 0 Å². The largest absolute Gasteiger partial charge is 0.379 e. The van der Waals surface area contributed by atoms with Crippen LogP contribution in [-0.2, 0) is 9.53 Å². The summed E-state index contributed by atoms with van der Waals surface area (Å²) in [7, 11) is 0. The summed E-state index contributed by atoms with van der Waals surface area (Å²) < 4.78 is 5.25. The predicted molar refractivity (Wildman–Crippen MR) is 76.6 cm³/mol. The van der Waals surface area contributed by atoms with Crippen LogP contribution in [0, 0.1) is 0 Å². The zero-order chi connectivity index (χ0) is 14.8. The zero-order valence-electron chi connectivity index (χ0n) is 12.5. The Morgan fingerprint density at radius 1 is 1.15 bits per heavy atom. The van der Waals surface area contributed by atoms with Gasteiger partial charge in [-0.2, -0.15) is 0 Å². The minimum atomic E-state index is -0.196. The molecule has 1 aliphatic heterocycles. The highest BCUT2D eigenvalue weighted by molar-refractivity contribution is 5.83. The first-order chi connectivity index (χ1) is 9.67. The SMILES string of the molecule is CCN(CC)C(=O)NCC(=O)NCCN1CCOCC1. The molecule has 20 heavy (non-hydrogen) atoms. The molecule has 0 aromatic carbocycles. The maximum absolute atomic E-state index is 11.6. The van der Waals surface area contributed by atoms with Crippen molar-refractivity contribution in [3.8, 4) is 0 Å². The van der Waals surface area contributed by atoms with Gasteiger partial charge in [-0.05, 0) is 13.8 Å². The van der Waals surface area contributed by atoms with E-state index in [4.69, 9.17) is 4.74 Å². The van der Waals surface area contributed by atoms with E-state index < -0.39 is 0 Å². The van der Waals surface area contributed by atoms with E-state index >= 15 is 0 Å². The van der Waals surface area contributed by atoms with E-state index in [9.17, 15) is 9.59 Å². The molecule has 0 spiro atoms. The van der Waals surface area contributed by atoms with Crippen molar-refractivity contribution in [2.75, 3.05) is 59.0 Å². The van der Waals surface area contributed by atoms with E-state index in [1.807, 2.05) is 13.8 Å². The lowest BCUT2D eigenvalue weighted by Gasteiger charge is -2.26. The fourth-order valence-corrected chi connectivity index (χ4v) is 2.02. The molecule has 1 heterocycles. The summed E-state index contributed by atoms with van der Waals surface area (Å²) in [6, 6.07) is -0.196. The predicted octanol–water partition coefficient (Wildman–Crippen LogP) is -0.514. The minimum Gasteiger partial charge on any atom is -0.379 e. The highest BCUT2D eigenvalue weighted by Gasteiger charge is 2.12. The molecule has 0 saturated carbocycles. The number of carbonyl (C=O) groups excluding carboxylic acids is 2. The number of hydrogen-bond donors (Lipinski definition) is 2. The minimum absolute atomic E-state index is 0.0262. The number of urea groups is 1. The average Bonchev–Trinajstić information content (AvgIpc) is 2.47. The van der Waals surface area contributed by atoms with E-state index in [1.165, 1.54) is 0 Å². The van der Waals surface area contributed by atoms with Crippen molar-refractivity contribution in [1.82, 2.24) is 20.4 Å². The summed E-state index contributed by atoms with van der Waals surface area (Å²) in [6.45, 7) is 9.88. The van der Waals surface area contributed by atoms with Crippen molar-refractivity contribution in [1.29, 1.82) is 0 Å². The Balaban J connectivity index is 2.09. The molecule has 0 aliphatic carbocycles. The average molecular weight is 286 g/mol. The lowest BCUT2D eigenvalue weighted by Crippen LogP contribution is -2.46. The number of morpholine rings is 1. The summed E-state index contributed by atoms with van der Waals surface area (Å²) in [4.78, 5) is 27.1. The first kappa shape index (κ1) is 16.7. The van der Waals surface area contributed by atoms with Crippen LogP contribution in [0.2, 0.25) is 0 Å². The molecule has 3 amide bonds. The molecule has 1 saturated heterocycles. The molecular weight excluding hydrogens is 260 g/mol. The molecule has 0 aromatic heterocycles. The molecule has 1 rings (SSSR count). The Morgan fingerprint density at radius 3 is 2.40 bits per heavy atom. The maximum atomic E-state index is 11.6. The molecule has 1 fully saturated rings. The molecule has 0 radical (unpaired) electrons. The second-order valence-corrected chi connectivity index (χ2v) is 4.63. The van der Waals surface area contributed by atoms with E-state index in [1.54, 1.807) is 4.90 Å². The molecule has 7 heteroatoms. The van der Waals surface area contributed by atoms with Gasteiger partial charge in [0.1, 0.15) is 0 Å². The quantitative estimate of drug-likeness (QED) is 0.661. The van der Waals surface area contributed by atoms with Crippen molar-refractivity contribution >= 4 is 11.9 Å². The summed E-state index contributed by atoms with van der Waals surface area (Å²) in [6.07, 6.45) is 0. The van der Waals surface area contributed by atoms with Crippen LogP contribution in [-0.4, -0.2) is 80.8 Å². The fourth-order valence-electron chi connectivity index (χ4n) is 2.02. The highest BCUT2D eigenvalue weighted by Crippen LogP contribution is 1.94. The van der Waals surface area contributed by atoms with Gasteiger partial charge in [-0.3, -0.25) is 9.69 Å². The first-order valence-electron chi connectivity index (χ1n) is 7.27. The Bertz CT molecular complexity index is 302. The maximum Gasteiger partial charge on any atom is 0.317 e. The Hall–Kier alpha value is -1.34. The van der Waals surface area contributed by atoms with Gasteiger partial charge in [-0.25, -0.2) is 4.79 Å². The van der Waals surface area contributed by atoms with Crippen molar-refractivity contribution in [2.45, 2.75) is 13.8 Å². The third-order valence-corrected chi connectivity index (χ3v) is 3.30. The first-order valence-corrected chi connectivity index (χ1v) is 7.27. The molecule has 1 aliphatic rings. The second kappa shape index (κ2) is 9.55. The van der Waals surface area contributed by atoms with Crippen LogP contribution in [0.4, 0.5) is 4.79 Å². The van der Waals surface area contributed by atoms with Gasteiger partial charge in [0.2, 0.25) is 5.91 Å². The zero-order valence-corrected chi connectivity index (χ0v) is 12.5. The number of amides is 3. The van der Waals surface area contributed by atoms with E-state index in [0.29, 0.717) is 19.6 Å². The van der Waals surface area contributed by atoms with Gasteiger partial charge in [-0.15, -0.1) is 0 Å². The summed E-state index contributed by atoms with van der Waals surface area (Å²) in [5, 5.41) is 5.42. The fraction of sp³-hybridized carbons (Fsp3) is 0.846. The number of rotatable bonds is 7. The van der Waals surface area contributed by atoms with Crippen molar-refractivity contribution in [3.05, 3.63) is 0 Å². The van der Waals surface area contributed by atoms with Crippen LogP contribution in [0.25, 0.3) is 0 Å². The molecule has 7 nitrogen and oxygen atoms in total. The topological polar surface area (TPSA) is 73.9 Å². The number of nitrogens with zero attached hydrogens (tertiary/aromatic N) is 2. The molecule has 2 N–H and O–H groups in total. The molecule has 0 atom stereocenters. The summed E-state index contributed by atoms with van der Waals surface area (Å²) in [5.41, 5.74) is 0. The number of carbonyl (C=O) groups is 2. The summed E-state index contributed by atoms with van der Waals surface area (Å²) >= 11 is 0.